The van der Waals surface area contributed by atoms with E-state index in [0.29, 0.717) is 5.02 Å². The molecule has 1 atom stereocenters. The number of nitrogens with one attached hydrogen (secondary N) is 1. The average molecular weight is 301 g/mol. The monoisotopic (exact) mass is 300 g/mol. The molecule has 1 N–H and O–H groups in total. The van der Waals surface area contributed by atoms with E-state index < -0.39 is 0 Å². The second kappa shape index (κ2) is 6.50. The smallest absolute Gasteiger partial charge is 0.237 e. The quantitative estimate of drug-likeness (QED) is 0.929. The summed E-state index contributed by atoms with van der Waals surface area (Å²) >= 11 is 9.08. The van der Waals surface area contributed by atoms with Gasteiger partial charge in [-0.3, -0.25) is 9.79 Å². The predicted molar refractivity (Wildman–Crippen MR) is 81.9 cm³/mol. The van der Waals surface area contributed by atoms with Gasteiger partial charge in [-0.2, -0.15) is 0 Å². The number of rotatable bonds is 3. The highest BCUT2D eigenvalue weighted by Crippen LogP contribution is 2.26. The first-order chi connectivity index (χ1) is 8.65. The van der Waals surface area contributed by atoms with E-state index in [2.05, 4.69) is 10.3 Å². The summed E-state index contributed by atoms with van der Waals surface area (Å²) in [6.45, 7) is 2.74. The molecule has 1 aliphatic heterocycles. The summed E-state index contributed by atoms with van der Waals surface area (Å²) in [5, 5.41) is 3.30. The maximum Gasteiger partial charge on any atom is 0.237 e. The summed E-state index contributed by atoms with van der Waals surface area (Å²) in [4.78, 5) is 16.3. The molecule has 0 aliphatic carbocycles. The molecule has 0 radical (unpaired) electrons. The molecule has 0 saturated heterocycles. The van der Waals surface area contributed by atoms with Crippen LogP contribution in [-0.2, 0) is 4.79 Å². The van der Waals surface area contributed by atoms with Gasteiger partial charge in [0.1, 0.15) is 4.38 Å². The van der Waals surface area contributed by atoms with Gasteiger partial charge in [-0.1, -0.05) is 41.2 Å². The topological polar surface area (TPSA) is 41.5 Å². The molecule has 96 valence electrons. The molecule has 2 rings (SSSR count). The Morgan fingerprint density at radius 1 is 1.61 bits per heavy atom. The molecule has 1 aromatic carbocycles. The van der Waals surface area contributed by atoms with Crippen LogP contribution >= 0.6 is 35.1 Å². The normalized spacial score (nSPS) is 16.2. The van der Waals surface area contributed by atoms with Gasteiger partial charge in [-0.25, -0.2) is 0 Å². The summed E-state index contributed by atoms with van der Waals surface area (Å²) in [6, 6.07) is 7.15. The fourth-order valence-electron chi connectivity index (χ4n) is 1.40. The minimum Gasteiger partial charge on any atom is -0.325 e. The number of hydrogen-bond acceptors (Lipinski definition) is 4. The van der Waals surface area contributed by atoms with Gasteiger partial charge in [0, 0.05) is 16.5 Å². The standard InChI is InChI=1S/C12H13ClN2OS2/c1-8(18-12-14-5-6-17-12)11(16)15-10-4-2-3-9(13)7-10/h2-4,7-8H,5-6H2,1H3,(H,15,16)/t8-/m0/s1. The first-order valence-electron chi connectivity index (χ1n) is 5.55. The van der Waals surface area contributed by atoms with Crippen molar-refractivity contribution in [2.75, 3.05) is 17.6 Å². The Bertz CT molecular complexity index is 479. The van der Waals surface area contributed by atoms with Gasteiger partial charge in [-0.15, -0.1) is 0 Å². The molecule has 0 unspecified atom stereocenters. The molecule has 0 fully saturated rings. The lowest BCUT2D eigenvalue weighted by atomic mass is 10.3. The number of nitrogens with zero attached hydrogens (tertiary/aromatic N) is 1. The van der Waals surface area contributed by atoms with Gasteiger partial charge in [0.15, 0.2) is 0 Å². The van der Waals surface area contributed by atoms with Gasteiger partial charge in [0.25, 0.3) is 0 Å². The van der Waals surface area contributed by atoms with Crippen LogP contribution in [0.1, 0.15) is 6.92 Å². The van der Waals surface area contributed by atoms with Crippen molar-refractivity contribution in [2.45, 2.75) is 12.2 Å². The van der Waals surface area contributed by atoms with Crippen molar-refractivity contribution in [3.8, 4) is 0 Å². The van der Waals surface area contributed by atoms with Crippen molar-refractivity contribution in [3.05, 3.63) is 29.3 Å². The molecule has 0 spiro atoms. The lowest BCUT2D eigenvalue weighted by molar-refractivity contribution is -0.115. The van der Waals surface area contributed by atoms with E-state index in [-0.39, 0.29) is 11.2 Å². The van der Waals surface area contributed by atoms with E-state index in [0.717, 1.165) is 22.4 Å². The van der Waals surface area contributed by atoms with Crippen molar-refractivity contribution < 1.29 is 4.79 Å². The Morgan fingerprint density at radius 2 is 2.44 bits per heavy atom. The van der Waals surface area contributed by atoms with Crippen molar-refractivity contribution in [3.63, 3.8) is 0 Å². The zero-order valence-corrected chi connectivity index (χ0v) is 12.2. The minimum atomic E-state index is -0.159. The number of carbonyl (C=O) groups is 1. The first-order valence-corrected chi connectivity index (χ1v) is 7.80. The molecular formula is C12H13ClN2OS2. The molecule has 1 amide bonds. The number of thioether (sulfide) groups is 2. The van der Waals surface area contributed by atoms with E-state index in [1.54, 1.807) is 23.9 Å². The van der Waals surface area contributed by atoms with E-state index in [9.17, 15) is 4.79 Å². The number of anilines is 1. The highest BCUT2D eigenvalue weighted by atomic mass is 35.5. The van der Waals surface area contributed by atoms with Crippen LogP contribution in [0.4, 0.5) is 5.69 Å². The highest BCUT2D eigenvalue weighted by molar-refractivity contribution is 8.39. The number of amides is 1. The van der Waals surface area contributed by atoms with Gasteiger partial charge in [-0.05, 0) is 25.1 Å². The number of hydrogen-bond donors (Lipinski definition) is 1. The van der Waals surface area contributed by atoms with Crippen molar-refractivity contribution in [1.82, 2.24) is 0 Å². The van der Waals surface area contributed by atoms with Gasteiger partial charge >= 0.3 is 0 Å². The average Bonchev–Trinajstić information content (AvgIpc) is 2.81. The third-order valence-electron chi connectivity index (χ3n) is 2.30. The Morgan fingerprint density at radius 3 is 3.11 bits per heavy atom. The van der Waals surface area contributed by atoms with Crippen LogP contribution in [0.3, 0.4) is 0 Å². The molecular weight excluding hydrogens is 288 g/mol. The molecule has 0 aromatic heterocycles. The molecule has 1 aromatic rings. The predicted octanol–water partition coefficient (Wildman–Crippen LogP) is 3.50. The molecule has 1 heterocycles. The number of halogens is 1. The van der Waals surface area contributed by atoms with E-state index in [1.165, 1.54) is 11.8 Å². The third-order valence-corrected chi connectivity index (χ3v) is 4.84. The Labute approximate surface area is 120 Å². The van der Waals surface area contributed by atoms with Crippen molar-refractivity contribution in [2.24, 2.45) is 4.99 Å². The third kappa shape index (κ3) is 3.93. The summed E-state index contributed by atoms with van der Waals surface area (Å²) < 4.78 is 1.00. The highest BCUT2D eigenvalue weighted by Gasteiger charge is 2.18. The summed E-state index contributed by atoms with van der Waals surface area (Å²) in [5.74, 6) is 0.989. The van der Waals surface area contributed by atoms with E-state index in [1.807, 2.05) is 19.1 Å². The van der Waals surface area contributed by atoms with Crippen LogP contribution in [0.5, 0.6) is 0 Å². The van der Waals surface area contributed by atoms with Crippen LogP contribution in [0.25, 0.3) is 0 Å². The van der Waals surface area contributed by atoms with Crippen molar-refractivity contribution in [1.29, 1.82) is 0 Å². The summed E-state index contributed by atoms with van der Waals surface area (Å²) in [5.41, 5.74) is 0.723. The van der Waals surface area contributed by atoms with Crippen LogP contribution in [0.15, 0.2) is 29.3 Å². The number of aliphatic imine (C=N–C) groups is 1. The Kier molecular flexibility index (Phi) is 4.97. The van der Waals surface area contributed by atoms with E-state index >= 15 is 0 Å². The summed E-state index contributed by atoms with van der Waals surface area (Å²) in [6.07, 6.45) is 0. The minimum absolute atomic E-state index is 0.0301. The Balaban J connectivity index is 1.90. The second-order valence-corrected chi connectivity index (χ2v) is 6.86. The lowest BCUT2D eigenvalue weighted by Gasteiger charge is -2.11. The fraction of sp³-hybridized carbons (Fsp3) is 0.333. The molecule has 18 heavy (non-hydrogen) atoms. The molecule has 6 heteroatoms. The number of benzene rings is 1. The SMILES string of the molecule is C[C@H](SC1=NCCS1)C(=O)Nc1cccc(Cl)c1. The summed E-state index contributed by atoms with van der Waals surface area (Å²) in [7, 11) is 0. The maximum atomic E-state index is 12.0. The zero-order chi connectivity index (χ0) is 13.0. The molecule has 0 bridgehead atoms. The second-order valence-electron chi connectivity index (χ2n) is 3.76. The van der Waals surface area contributed by atoms with Crippen LogP contribution < -0.4 is 5.32 Å². The van der Waals surface area contributed by atoms with Crippen LogP contribution in [0, 0.1) is 0 Å². The van der Waals surface area contributed by atoms with Crippen LogP contribution in [0.2, 0.25) is 5.02 Å². The fourth-order valence-corrected chi connectivity index (χ4v) is 3.72. The van der Waals surface area contributed by atoms with Crippen LogP contribution in [-0.4, -0.2) is 27.8 Å². The van der Waals surface area contributed by atoms with Crippen molar-refractivity contribution >= 4 is 51.1 Å². The lowest BCUT2D eigenvalue weighted by Crippen LogP contribution is -2.23. The number of carbonyl (C=O) groups excluding carboxylic acids is 1. The van der Waals surface area contributed by atoms with Gasteiger partial charge < -0.3 is 5.32 Å². The van der Waals surface area contributed by atoms with E-state index in [4.69, 9.17) is 11.6 Å². The largest absolute Gasteiger partial charge is 0.325 e. The van der Waals surface area contributed by atoms with Gasteiger partial charge in [0.05, 0.1) is 11.8 Å². The zero-order valence-electron chi connectivity index (χ0n) is 9.85. The van der Waals surface area contributed by atoms with Gasteiger partial charge in [0.2, 0.25) is 5.91 Å². The molecule has 3 nitrogen and oxygen atoms in total. The maximum absolute atomic E-state index is 12.0. The Hall–Kier alpha value is -0.650. The first kappa shape index (κ1) is 13.8. The molecule has 0 saturated carbocycles. The molecule has 1 aliphatic rings.